The zero-order valence-electron chi connectivity index (χ0n) is 15.7. The van der Waals surface area contributed by atoms with Gasteiger partial charge in [0.1, 0.15) is 0 Å². The highest BCUT2D eigenvalue weighted by atomic mass is 19.3. The van der Waals surface area contributed by atoms with E-state index in [4.69, 9.17) is 4.74 Å². The fraction of sp³-hybridized carbons (Fsp3) is 0.211. The Morgan fingerprint density at radius 1 is 0.828 bits per heavy atom. The monoisotopic (exact) mass is 409 g/mol. The Morgan fingerprint density at radius 3 is 1.90 bits per heavy atom. The quantitative estimate of drug-likeness (QED) is 0.702. The average molecular weight is 409 g/mol. The zero-order valence-corrected chi connectivity index (χ0v) is 15.7. The van der Waals surface area contributed by atoms with Gasteiger partial charge >= 0.3 is 18.6 Å². The van der Waals surface area contributed by atoms with Crippen LogP contribution in [0.25, 0.3) is 0 Å². The zero-order chi connectivity index (χ0) is 21.6. The molecule has 0 atom stereocenters. The maximum Gasteiger partial charge on any atom is 0.387 e. The molecular formula is C19H17F2NO7. The molecule has 0 bridgehead atoms. The molecule has 0 heterocycles. The highest BCUT2D eigenvalue weighted by Gasteiger charge is 2.17. The van der Waals surface area contributed by atoms with Gasteiger partial charge in [0.15, 0.2) is 11.5 Å². The van der Waals surface area contributed by atoms with Gasteiger partial charge in [-0.1, -0.05) is 0 Å². The lowest BCUT2D eigenvalue weighted by atomic mass is 10.1. The van der Waals surface area contributed by atoms with E-state index in [1.54, 1.807) is 0 Å². The highest BCUT2D eigenvalue weighted by Crippen LogP contribution is 2.30. The SMILES string of the molecule is COC(=O)c1cc(NC(=O)c2ccc(OC(F)F)c(OC)c2)cc(C(=O)OC)c1. The van der Waals surface area contributed by atoms with Gasteiger partial charge in [-0.3, -0.25) is 4.79 Å². The van der Waals surface area contributed by atoms with Gasteiger partial charge in [-0.2, -0.15) is 8.78 Å². The van der Waals surface area contributed by atoms with Crippen molar-refractivity contribution in [1.29, 1.82) is 0 Å². The summed E-state index contributed by atoms with van der Waals surface area (Å²) in [5, 5.41) is 2.51. The number of ether oxygens (including phenoxy) is 4. The Labute approximate surface area is 164 Å². The summed E-state index contributed by atoms with van der Waals surface area (Å²) < 4.78 is 43.4. The molecule has 0 radical (unpaired) electrons. The lowest BCUT2D eigenvalue weighted by Gasteiger charge is -2.12. The van der Waals surface area contributed by atoms with Crippen LogP contribution in [0.4, 0.5) is 14.5 Å². The minimum absolute atomic E-state index is 0.0176. The van der Waals surface area contributed by atoms with Crippen LogP contribution in [0.15, 0.2) is 36.4 Å². The molecule has 1 amide bonds. The Bertz CT molecular complexity index is 897. The van der Waals surface area contributed by atoms with Crippen molar-refractivity contribution >= 4 is 23.5 Å². The van der Waals surface area contributed by atoms with Crippen molar-refractivity contribution in [3.05, 3.63) is 53.1 Å². The minimum atomic E-state index is -3.05. The molecule has 0 fully saturated rings. The molecule has 2 aromatic rings. The molecule has 0 saturated carbocycles. The third kappa shape index (κ3) is 5.41. The van der Waals surface area contributed by atoms with Gasteiger partial charge in [0.2, 0.25) is 0 Å². The third-order valence-corrected chi connectivity index (χ3v) is 3.67. The molecule has 154 valence electrons. The van der Waals surface area contributed by atoms with E-state index in [9.17, 15) is 23.2 Å². The van der Waals surface area contributed by atoms with Crippen LogP contribution in [0.3, 0.4) is 0 Å². The van der Waals surface area contributed by atoms with Gasteiger partial charge in [-0.25, -0.2) is 9.59 Å². The molecule has 0 saturated heterocycles. The number of hydrogen-bond acceptors (Lipinski definition) is 7. The smallest absolute Gasteiger partial charge is 0.387 e. The fourth-order valence-corrected chi connectivity index (χ4v) is 2.38. The second kappa shape index (κ2) is 9.49. The summed E-state index contributed by atoms with van der Waals surface area (Å²) in [6, 6.07) is 7.49. The predicted molar refractivity (Wildman–Crippen MR) is 96.7 cm³/mol. The summed E-state index contributed by atoms with van der Waals surface area (Å²) in [5.41, 5.74) is 0.213. The van der Waals surface area contributed by atoms with Crippen LogP contribution in [0.5, 0.6) is 11.5 Å². The highest BCUT2D eigenvalue weighted by molar-refractivity contribution is 6.06. The first-order valence-corrected chi connectivity index (χ1v) is 8.05. The van der Waals surface area contributed by atoms with Gasteiger partial charge in [0, 0.05) is 11.3 Å². The Hall–Kier alpha value is -3.69. The maximum absolute atomic E-state index is 12.5. The number of amides is 1. The molecule has 8 nitrogen and oxygen atoms in total. The molecule has 2 aromatic carbocycles. The number of esters is 2. The average Bonchev–Trinajstić information content (AvgIpc) is 2.71. The summed E-state index contributed by atoms with van der Waals surface area (Å²) in [4.78, 5) is 36.2. The van der Waals surface area contributed by atoms with E-state index in [0.29, 0.717) is 0 Å². The van der Waals surface area contributed by atoms with Crippen LogP contribution in [0.2, 0.25) is 0 Å². The standard InChI is InChI=1S/C19H17F2NO7/c1-26-15-9-10(4-5-14(15)29-19(20)21)16(23)22-13-7-11(17(24)27-2)6-12(8-13)18(25)28-3/h4-9,19H,1-3H3,(H,22,23). The number of carbonyl (C=O) groups is 3. The Balaban J connectivity index is 2.34. The molecule has 1 N–H and O–H groups in total. The van der Waals surface area contributed by atoms with Crippen LogP contribution >= 0.6 is 0 Å². The number of rotatable bonds is 7. The third-order valence-electron chi connectivity index (χ3n) is 3.67. The van der Waals surface area contributed by atoms with Gasteiger partial charge in [0.05, 0.1) is 32.5 Å². The van der Waals surface area contributed by atoms with Crippen molar-refractivity contribution in [2.75, 3.05) is 26.6 Å². The van der Waals surface area contributed by atoms with E-state index < -0.39 is 24.5 Å². The number of hydrogen-bond donors (Lipinski definition) is 1. The topological polar surface area (TPSA) is 100 Å². The Morgan fingerprint density at radius 2 is 1.41 bits per heavy atom. The van der Waals surface area contributed by atoms with Crippen molar-refractivity contribution in [2.45, 2.75) is 6.61 Å². The number of anilines is 1. The summed E-state index contributed by atoms with van der Waals surface area (Å²) in [5.74, 6) is -2.40. The molecular weight excluding hydrogens is 392 g/mol. The van der Waals surface area contributed by atoms with Gasteiger partial charge < -0.3 is 24.3 Å². The first-order valence-electron chi connectivity index (χ1n) is 8.05. The molecule has 2 rings (SSSR count). The van der Waals surface area contributed by atoms with E-state index in [-0.39, 0.29) is 33.9 Å². The van der Waals surface area contributed by atoms with E-state index in [2.05, 4.69) is 19.5 Å². The van der Waals surface area contributed by atoms with Crippen LogP contribution in [0.1, 0.15) is 31.1 Å². The van der Waals surface area contributed by atoms with E-state index >= 15 is 0 Å². The lowest BCUT2D eigenvalue weighted by Crippen LogP contribution is -2.14. The van der Waals surface area contributed by atoms with Gasteiger partial charge in [0.25, 0.3) is 5.91 Å². The molecule has 0 aliphatic carbocycles. The molecule has 0 aliphatic heterocycles. The van der Waals surface area contributed by atoms with Gasteiger partial charge in [-0.05, 0) is 36.4 Å². The summed E-state index contributed by atoms with van der Waals surface area (Å²) >= 11 is 0. The number of alkyl halides is 2. The first kappa shape index (κ1) is 21.6. The van der Waals surface area contributed by atoms with Crippen molar-refractivity contribution in [3.8, 4) is 11.5 Å². The number of carbonyl (C=O) groups excluding carboxylic acids is 3. The molecule has 10 heteroatoms. The maximum atomic E-state index is 12.5. The van der Waals surface area contributed by atoms with Crippen LogP contribution in [-0.4, -0.2) is 45.8 Å². The van der Waals surface area contributed by atoms with Crippen molar-refractivity contribution in [2.24, 2.45) is 0 Å². The lowest BCUT2D eigenvalue weighted by molar-refractivity contribution is -0.0512. The van der Waals surface area contributed by atoms with Crippen LogP contribution in [-0.2, 0) is 9.47 Å². The largest absolute Gasteiger partial charge is 0.493 e. The number of methoxy groups -OCH3 is 3. The molecule has 0 unspecified atom stereocenters. The van der Waals surface area contributed by atoms with Crippen molar-refractivity contribution in [3.63, 3.8) is 0 Å². The predicted octanol–water partition coefficient (Wildman–Crippen LogP) is 3.12. The summed E-state index contributed by atoms with van der Waals surface area (Å²) in [6.45, 7) is -3.05. The van der Waals surface area contributed by atoms with Crippen molar-refractivity contribution < 1.29 is 42.1 Å². The number of halogens is 2. The van der Waals surface area contributed by atoms with E-state index in [1.165, 1.54) is 51.7 Å². The van der Waals surface area contributed by atoms with Crippen LogP contribution in [0, 0.1) is 0 Å². The number of nitrogens with one attached hydrogen (secondary N) is 1. The normalized spacial score (nSPS) is 10.3. The second-order valence-electron chi connectivity index (χ2n) is 5.48. The summed E-state index contributed by atoms with van der Waals surface area (Å²) in [7, 11) is 3.57. The molecule has 0 aliphatic rings. The van der Waals surface area contributed by atoms with Crippen molar-refractivity contribution in [1.82, 2.24) is 0 Å². The molecule has 0 aromatic heterocycles. The second-order valence-corrected chi connectivity index (χ2v) is 5.48. The first-order chi connectivity index (χ1) is 13.8. The van der Waals surface area contributed by atoms with E-state index in [1.807, 2.05) is 0 Å². The van der Waals surface area contributed by atoms with E-state index in [0.717, 1.165) is 6.07 Å². The summed E-state index contributed by atoms with van der Waals surface area (Å²) in [6.07, 6.45) is 0. The molecule has 29 heavy (non-hydrogen) atoms. The number of benzene rings is 2. The van der Waals surface area contributed by atoms with Crippen LogP contribution < -0.4 is 14.8 Å². The minimum Gasteiger partial charge on any atom is -0.493 e. The molecule has 0 spiro atoms. The fourth-order valence-electron chi connectivity index (χ4n) is 2.38. The van der Waals surface area contributed by atoms with Gasteiger partial charge in [-0.15, -0.1) is 0 Å². The Kier molecular flexibility index (Phi) is 7.07.